The summed E-state index contributed by atoms with van der Waals surface area (Å²) in [6.07, 6.45) is 1.64. The quantitative estimate of drug-likeness (QED) is 0.641. The molecular formula is C22H27ClN4O. The fourth-order valence-corrected chi connectivity index (χ4v) is 3.11. The standard InChI is InChI=1S/C22H26N4O.ClH/c1-6-26(7-2)22(27)19-13-23-21-18(11-9-16(5)24-21)20(19)25-17-10-8-14(3)15(4)12-17;/h8-13H,6-7H2,1-5H3,(H,23,24,25);1H. The minimum Gasteiger partial charge on any atom is -0.354 e. The van der Waals surface area contributed by atoms with Gasteiger partial charge in [0.25, 0.3) is 5.91 Å². The second-order valence-electron chi connectivity index (χ2n) is 6.77. The van der Waals surface area contributed by atoms with E-state index in [1.54, 1.807) is 11.1 Å². The summed E-state index contributed by atoms with van der Waals surface area (Å²) in [5, 5.41) is 4.30. The minimum absolute atomic E-state index is 0. The van der Waals surface area contributed by atoms with Crippen LogP contribution in [0, 0.1) is 20.8 Å². The second kappa shape index (κ2) is 9.02. The summed E-state index contributed by atoms with van der Waals surface area (Å²) in [5.74, 6) is -0.0266. The van der Waals surface area contributed by atoms with E-state index in [4.69, 9.17) is 0 Å². The summed E-state index contributed by atoms with van der Waals surface area (Å²) in [4.78, 5) is 23.8. The molecule has 0 spiro atoms. The molecule has 3 aromatic rings. The van der Waals surface area contributed by atoms with Crippen LogP contribution in [0.2, 0.25) is 0 Å². The second-order valence-corrected chi connectivity index (χ2v) is 6.77. The van der Waals surface area contributed by atoms with Crippen LogP contribution in [0.1, 0.15) is 41.0 Å². The van der Waals surface area contributed by atoms with E-state index in [0.29, 0.717) is 24.3 Å². The first-order valence-corrected chi connectivity index (χ1v) is 9.34. The van der Waals surface area contributed by atoms with E-state index in [-0.39, 0.29) is 18.3 Å². The lowest BCUT2D eigenvalue weighted by atomic mass is 10.1. The van der Waals surface area contributed by atoms with Gasteiger partial charge in [0.05, 0.1) is 11.3 Å². The molecule has 148 valence electrons. The van der Waals surface area contributed by atoms with Gasteiger partial charge in [0.1, 0.15) is 0 Å². The molecule has 0 fully saturated rings. The van der Waals surface area contributed by atoms with Crippen LogP contribution in [0.5, 0.6) is 0 Å². The van der Waals surface area contributed by atoms with Gasteiger partial charge in [-0.2, -0.15) is 0 Å². The number of halogens is 1. The zero-order valence-corrected chi connectivity index (χ0v) is 17.9. The zero-order valence-electron chi connectivity index (χ0n) is 17.0. The molecule has 5 nitrogen and oxygen atoms in total. The SMILES string of the molecule is CCN(CC)C(=O)c1cnc2nc(C)ccc2c1Nc1ccc(C)c(C)c1.Cl. The minimum atomic E-state index is -0.0266. The fourth-order valence-electron chi connectivity index (χ4n) is 3.11. The molecule has 3 rings (SSSR count). The lowest BCUT2D eigenvalue weighted by Crippen LogP contribution is -2.31. The number of benzene rings is 1. The van der Waals surface area contributed by atoms with Crippen molar-refractivity contribution in [3.05, 3.63) is 58.9 Å². The Kier molecular flexibility index (Phi) is 6.97. The number of rotatable bonds is 5. The van der Waals surface area contributed by atoms with Crippen LogP contribution in [0.4, 0.5) is 11.4 Å². The Hall–Kier alpha value is -2.66. The van der Waals surface area contributed by atoms with E-state index in [1.807, 2.05) is 39.0 Å². The van der Waals surface area contributed by atoms with Crippen molar-refractivity contribution < 1.29 is 4.79 Å². The summed E-state index contributed by atoms with van der Waals surface area (Å²) in [7, 11) is 0. The van der Waals surface area contributed by atoms with Gasteiger partial charge in [-0.15, -0.1) is 12.4 Å². The number of aromatic nitrogens is 2. The van der Waals surface area contributed by atoms with Gasteiger partial charge in [-0.05, 0) is 70.0 Å². The number of fused-ring (bicyclic) bond motifs is 1. The number of nitrogens with zero attached hydrogens (tertiary/aromatic N) is 3. The maximum atomic E-state index is 13.1. The van der Waals surface area contributed by atoms with E-state index >= 15 is 0 Å². The fraction of sp³-hybridized carbons (Fsp3) is 0.318. The third kappa shape index (κ3) is 4.25. The van der Waals surface area contributed by atoms with E-state index in [2.05, 4.69) is 41.3 Å². The Labute approximate surface area is 172 Å². The summed E-state index contributed by atoms with van der Waals surface area (Å²) in [6, 6.07) is 10.1. The van der Waals surface area contributed by atoms with Gasteiger partial charge >= 0.3 is 0 Å². The molecule has 0 bridgehead atoms. The number of amides is 1. The zero-order chi connectivity index (χ0) is 19.6. The first-order valence-electron chi connectivity index (χ1n) is 9.34. The van der Waals surface area contributed by atoms with Crippen LogP contribution in [-0.4, -0.2) is 33.9 Å². The normalized spacial score (nSPS) is 10.5. The maximum absolute atomic E-state index is 13.1. The van der Waals surface area contributed by atoms with Crippen LogP contribution in [0.25, 0.3) is 11.0 Å². The van der Waals surface area contributed by atoms with Gasteiger partial charge < -0.3 is 10.2 Å². The first-order chi connectivity index (χ1) is 12.9. The van der Waals surface area contributed by atoms with Crippen LogP contribution < -0.4 is 5.32 Å². The van der Waals surface area contributed by atoms with Gasteiger partial charge in [-0.1, -0.05) is 6.07 Å². The third-order valence-electron chi connectivity index (χ3n) is 4.93. The molecule has 6 heteroatoms. The lowest BCUT2D eigenvalue weighted by Gasteiger charge is -2.21. The van der Waals surface area contributed by atoms with Gasteiger partial charge in [-0.25, -0.2) is 9.97 Å². The van der Waals surface area contributed by atoms with E-state index < -0.39 is 0 Å². The summed E-state index contributed by atoms with van der Waals surface area (Å²) in [5.41, 5.74) is 6.23. The highest BCUT2D eigenvalue weighted by atomic mass is 35.5. The van der Waals surface area contributed by atoms with Crippen molar-refractivity contribution in [1.29, 1.82) is 0 Å². The molecule has 28 heavy (non-hydrogen) atoms. The first kappa shape index (κ1) is 21.6. The van der Waals surface area contributed by atoms with Gasteiger partial charge in [0.15, 0.2) is 5.65 Å². The maximum Gasteiger partial charge on any atom is 0.257 e. The Morgan fingerprint density at radius 3 is 2.39 bits per heavy atom. The number of anilines is 2. The average Bonchev–Trinajstić information content (AvgIpc) is 2.65. The smallest absolute Gasteiger partial charge is 0.257 e. The third-order valence-corrected chi connectivity index (χ3v) is 4.93. The molecule has 0 saturated carbocycles. The molecule has 1 aromatic carbocycles. The monoisotopic (exact) mass is 398 g/mol. The van der Waals surface area contributed by atoms with Crippen LogP contribution in [0.3, 0.4) is 0 Å². The van der Waals surface area contributed by atoms with Crippen molar-refractivity contribution in [3.63, 3.8) is 0 Å². The van der Waals surface area contributed by atoms with Crippen molar-refractivity contribution >= 4 is 40.7 Å². The molecule has 2 aromatic heterocycles. The Bertz CT molecular complexity index is 999. The molecule has 1 N–H and O–H groups in total. The molecule has 0 aliphatic rings. The number of carbonyl (C=O) groups excluding carboxylic acids is 1. The Morgan fingerprint density at radius 2 is 1.75 bits per heavy atom. The van der Waals surface area contributed by atoms with E-state index in [0.717, 1.165) is 22.5 Å². The van der Waals surface area contributed by atoms with Crippen LogP contribution in [0.15, 0.2) is 36.5 Å². The average molecular weight is 399 g/mol. The molecule has 1 amide bonds. The van der Waals surface area contributed by atoms with E-state index in [9.17, 15) is 4.79 Å². The number of pyridine rings is 2. The molecule has 0 unspecified atom stereocenters. The summed E-state index contributed by atoms with van der Waals surface area (Å²) < 4.78 is 0. The van der Waals surface area contributed by atoms with E-state index in [1.165, 1.54) is 11.1 Å². The highest BCUT2D eigenvalue weighted by Crippen LogP contribution is 2.30. The van der Waals surface area contributed by atoms with Crippen molar-refractivity contribution in [1.82, 2.24) is 14.9 Å². The number of aryl methyl sites for hydroxylation is 3. The van der Waals surface area contributed by atoms with Gasteiger partial charge in [-0.3, -0.25) is 4.79 Å². The van der Waals surface area contributed by atoms with Gasteiger partial charge in [0, 0.05) is 36.1 Å². The number of hydrogen-bond donors (Lipinski definition) is 1. The summed E-state index contributed by atoms with van der Waals surface area (Å²) >= 11 is 0. The molecular weight excluding hydrogens is 372 g/mol. The topological polar surface area (TPSA) is 58.1 Å². The molecule has 0 aliphatic heterocycles. The number of nitrogens with one attached hydrogen (secondary N) is 1. The highest BCUT2D eigenvalue weighted by molar-refractivity contribution is 6.07. The van der Waals surface area contributed by atoms with Crippen molar-refractivity contribution in [3.8, 4) is 0 Å². The molecule has 0 aliphatic carbocycles. The largest absolute Gasteiger partial charge is 0.354 e. The van der Waals surface area contributed by atoms with Crippen molar-refractivity contribution in [2.24, 2.45) is 0 Å². The molecule has 0 saturated heterocycles. The number of carbonyl (C=O) groups is 1. The Morgan fingerprint density at radius 1 is 1.04 bits per heavy atom. The Balaban J connectivity index is 0.00000280. The van der Waals surface area contributed by atoms with Crippen molar-refractivity contribution in [2.75, 3.05) is 18.4 Å². The van der Waals surface area contributed by atoms with Gasteiger partial charge in [0.2, 0.25) is 0 Å². The molecule has 2 heterocycles. The molecule has 0 atom stereocenters. The van der Waals surface area contributed by atoms with Crippen molar-refractivity contribution in [2.45, 2.75) is 34.6 Å². The predicted molar refractivity (Wildman–Crippen MR) is 118 cm³/mol. The highest BCUT2D eigenvalue weighted by Gasteiger charge is 2.20. The predicted octanol–water partition coefficient (Wildman–Crippen LogP) is 5.20. The summed E-state index contributed by atoms with van der Waals surface area (Å²) in [6.45, 7) is 11.4. The number of hydrogen-bond acceptors (Lipinski definition) is 4. The van der Waals surface area contributed by atoms with Crippen LogP contribution >= 0.6 is 12.4 Å². The lowest BCUT2D eigenvalue weighted by molar-refractivity contribution is 0.0774. The molecule has 0 radical (unpaired) electrons. The van der Waals surface area contributed by atoms with Crippen LogP contribution in [-0.2, 0) is 0 Å².